The van der Waals surface area contributed by atoms with Crippen molar-refractivity contribution in [3.05, 3.63) is 35.4 Å². The average molecular weight is 196 g/mol. The maximum Gasteiger partial charge on any atom is 0.0309 e. The van der Waals surface area contributed by atoms with Gasteiger partial charge in [0.2, 0.25) is 0 Å². The Morgan fingerprint density at radius 1 is 1.08 bits per heavy atom. The minimum atomic E-state index is 0.932. The molecule has 0 saturated heterocycles. The fourth-order valence-electron chi connectivity index (χ4n) is 1.13. The monoisotopic (exact) mass is 196 g/mol. The van der Waals surface area contributed by atoms with Crippen molar-refractivity contribution in [2.75, 3.05) is 13.3 Å². The van der Waals surface area contributed by atoms with Gasteiger partial charge in [0.05, 0.1) is 0 Å². The van der Waals surface area contributed by atoms with Crippen molar-refractivity contribution in [1.82, 2.24) is 10.0 Å². The van der Waals surface area contributed by atoms with Gasteiger partial charge in [-0.05, 0) is 24.4 Å². The first kappa shape index (κ1) is 10.6. The van der Waals surface area contributed by atoms with E-state index in [0.29, 0.717) is 0 Å². The van der Waals surface area contributed by atoms with Crippen LogP contribution in [-0.4, -0.2) is 13.3 Å². The molecule has 1 aromatic rings. The van der Waals surface area contributed by atoms with Crippen LogP contribution in [0.3, 0.4) is 0 Å². The van der Waals surface area contributed by atoms with Crippen molar-refractivity contribution in [2.24, 2.45) is 0 Å². The molecule has 0 heterocycles. The highest BCUT2D eigenvalue weighted by Gasteiger charge is 1.92. The molecule has 0 fully saturated rings. The van der Waals surface area contributed by atoms with E-state index in [-0.39, 0.29) is 0 Å². The van der Waals surface area contributed by atoms with Gasteiger partial charge in [0.1, 0.15) is 0 Å². The van der Waals surface area contributed by atoms with Crippen molar-refractivity contribution in [1.29, 1.82) is 0 Å². The Morgan fingerprint density at radius 2 is 1.62 bits per heavy atom. The molecule has 0 aliphatic heterocycles. The number of benzene rings is 1. The summed E-state index contributed by atoms with van der Waals surface area (Å²) in [7, 11) is 1.96. The van der Waals surface area contributed by atoms with Crippen molar-refractivity contribution < 1.29 is 0 Å². The van der Waals surface area contributed by atoms with Gasteiger partial charge in [-0.1, -0.05) is 36.2 Å². The second-order valence-corrected chi connectivity index (χ2v) is 3.57. The van der Waals surface area contributed by atoms with Gasteiger partial charge in [-0.25, -0.2) is 0 Å². The SMILES string of the molecule is CNCc1ccc(CNSC)cc1. The maximum atomic E-state index is 3.22. The van der Waals surface area contributed by atoms with E-state index < -0.39 is 0 Å². The first-order chi connectivity index (χ1) is 6.36. The maximum absolute atomic E-state index is 3.22. The molecule has 72 valence electrons. The van der Waals surface area contributed by atoms with Crippen LogP contribution in [0.1, 0.15) is 11.1 Å². The molecule has 0 aliphatic rings. The van der Waals surface area contributed by atoms with Gasteiger partial charge >= 0.3 is 0 Å². The van der Waals surface area contributed by atoms with Crippen molar-refractivity contribution in [3.8, 4) is 0 Å². The molecule has 0 unspecified atom stereocenters. The quantitative estimate of drug-likeness (QED) is 0.702. The molecule has 0 amide bonds. The standard InChI is InChI=1S/C10H16N2S/c1-11-7-9-3-5-10(6-4-9)8-12-13-2/h3-6,11-12H,7-8H2,1-2H3. The highest BCUT2D eigenvalue weighted by atomic mass is 32.2. The Kier molecular flexibility index (Phi) is 4.90. The molecule has 0 saturated carbocycles. The zero-order chi connectivity index (χ0) is 9.52. The van der Waals surface area contributed by atoms with Crippen LogP contribution in [0, 0.1) is 0 Å². The number of hydrogen-bond acceptors (Lipinski definition) is 3. The van der Waals surface area contributed by atoms with Crippen LogP contribution >= 0.6 is 11.9 Å². The van der Waals surface area contributed by atoms with Crippen LogP contribution in [0.2, 0.25) is 0 Å². The zero-order valence-corrected chi connectivity index (χ0v) is 8.95. The lowest BCUT2D eigenvalue weighted by atomic mass is 10.1. The molecule has 1 aromatic carbocycles. The summed E-state index contributed by atoms with van der Waals surface area (Å²) < 4.78 is 3.22. The van der Waals surface area contributed by atoms with E-state index in [0.717, 1.165) is 13.1 Å². The van der Waals surface area contributed by atoms with E-state index in [1.807, 2.05) is 13.3 Å². The smallest absolute Gasteiger partial charge is 0.0309 e. The van der Waals surface area contributed by atoms with E-state index in [1.54, 1.807) is 11.9 Å². The number of rotatable bonds is 5. The summed E-state index contributed by atoms with van der Waals surface area (Å²) in [6, 6.07) is 8.65. The van der Waals surface area contributed by atoms with Crippen LogP contribution in [0.5, 0.6) is 0 Å². The molecular weight excluding hydrogens is 180 g/mol. The van der Waals surface area contributed by atoms with Crippen molar-refractivity contribution >= 4 is 11.9 Å². The van der Waals surface area contributed by atoms with Crippen LogP contribution in [0.15, 0.2) is 24.3 Å². The van der Waals surface area contributed by atoms with Gasteiger partial charge in [-0.3, -0.25) is 4.72 Å². The van der Waals surface area contributed by atoms with E-state index in [9.17, 15) is 0 Å². The molecule has 0 aromatic heterocycles. The van der Waals surface area contributed by atoms with Crippen LogP contribution in [-0.2, 0) is 13.1 Å². The molecule has 3 heteroatoms. The predicted molar refractivity (Wildman–Crippen MR) is 59.6 cm³/mol. The summed E-state index contributed by atoms with van der Waals surface area (Å²) in [6.07, 6.45) is 2.04. The minimum absolute atomic E-state index is 0.932. The lowest BCUT2D eigenvalue weighted by Gasteiger charge is -2.03. The zero-order valence-electron chi connectivity index (χ0n) is 8.13. The topological polar surface area (TPSA) is 24.1 Å². The lowest BCUT2D eigenvalue weighted by molar-refractivity contribution is 0.816. The third-order valence-corrected chi connectivity index (χ3v) is 2.26. The molecule has 2 nitrogen and oxygen atoms in total. The second-order valence-electron chi connectivity index (χ2n) is 2.87. The van der Waals surface area contributed by atoms with Gasteiger partial charge < -0.3 is 5.32 Å². The molecule has 0 atom stereocenters. The molecule has 0 spiro atoms. The van der Waals surface area contributed by atoms with Gasteiger partial charge in [-0.15, -0.1) is 0 Å². The van der Waals surface area contributed by atoms with Gasteiger partial charge in [-0.2, -0.15) is 0 Å². The highest BCUT2D eigenvalue weighted by Crippen LogP contribution is 2.04. The first-order valence-corrected chi connectivity index (χ1v) is 5.57. The van der Waals surface area contributed by atoms with Crippen LogP contribution in [0.25, 0.3) is 0 Å². The molecule has 13 heavy (non-hydrogen) atoms. The normalized spacial score (nSPS) is 10.3. The second kappa shape index (κ2) is 6.02. The molecule has 2 N–H and O–H groups in total. The Hall–Kier alpha value is -0.510. The third-order valence-electron chi connectivity index (χ3n) is 1.82. The van der Waals surface area contributed by atoms with Crippen molar-refractivity contribution in [2.45, 2.75) is 13.1 Å². The van der Waals surface area contributed by atoms with E-state index in [4.69, 9.17) is 0 Å². The molecule has 0 bridgehead atoms. The Balaban J connectivity index is 2.48. The summed E-state index contributed by atoms with van der Waals surface area (Å²) >= 11 is 1.65. The molecular formula is C10H16N2S. The Bertz CT molecular complexity index is 233. The number of hydrogen-bond donors (Lipinski definition) is 2. The first-order valence-electron chi connectivity index (χ1n) is 4.35. The summed E-state index contributed by atoms with van der Waals surface area (Å²) in [5, 5.41) is 3.13. The Morgan fingerprint density at radius 3 is 2.08 bits per heavy atom. The highest BCUT2D eigenvalue weighted by molar-refractivity contribution is 7.96. The van der Waals surface area contributed by atoms with Crippen LogP contribution in [0.4, 0.5) is 0 Å². The predicted octanol–water partition coefficient (Wildman–Crippen LogP) is 1.77. The van der Waals surface area contributed by atoms with Crippen molar-refractivity contribution in [3.63, 3.8) is 0 Å². The van der Waals surface area contributed by atoms with Gasteiger partial charge in [0, 0.05) is 13.1 Å². The van der Waals surface area contributed by atoms with E-state index in [2.05, 4.69) is 34.3 Å². The van der Waals surface area contributed by atoms with Crippen LogP contribution < -0.4 is 10.0 Å². The fraction of sp³-hybridized carbons (Fsp3) is 0.400. The lowest BCUT2D eigenvalue weighted by Crippen LogP contribution is -2.06. The molecule has 0 aliphatic carbocycles. The largest absolute Gasteiger partial charge is 0.316 e. The van der Waals surface area contributed by atoms with Gasteiger partial charge in [0.25, 0.3) is 0 Å². The summed E-state index contributed by atoms with van der Waals surface area (Å²) in [5.74, 6) is 0. The fourth-order valence-corrected chi connectivity index (χ4v) is 1.45. The van der Waals surface area contributed by atoms with E-state index in [1.165, 1.54) is 11.1 Å². The summed E-state index contributed by atoms with van der Waals surface area (Å²) in [5.41, 5.74) is 2.66. The molecule has 1 rings (SSSR count). The van der Waals surface area contributed by atoms with E-state index >= 15 is 0 Å². The minimum Gasteiger partial charge on any atom is -0.316 e. The third kappa shape index (κ3) is 3.81. The number of nitrogens with one attached hydrogen (secondary N) is 2. The van der Waals surface area contributed by atoms with Gasteiger partial charge in [0.15, 0.2) is 0 Å². The molecule has 0 radical (unpaired) electrons. The average Bonchev–Trinajstić information content (AvgIpc) is 2.17. The summed E-state index contributed by atoms with van der Waals surface area (Å²) in [4.78, 5) is 0. The Labute approximate surface area is 84.2 Å². The summed E-state index contributed by atoms with van der Waals surface area (Å²) in [6.45, 7) is 1.87.